The van der Waals surface area contributed by atoms with Crippen LogP contribution in [0.15, 0.2) is 30.5 Å². The fourth-order valence-electron chi connectivity index (χ4n) is 2.39. The summed E-state index contributed by atoms with van der Waals surface area (Å²) in [7, 11) is 1.71. The number of H-pyrrole nitrogens is 1. The summed E-state index contributed by atoms with van der Waals surface area (Å²) in [5, 5.41) is 1.20. The molecule has 0 spiro atoms. The Morgan fingerprint density at radius 3 is 2.89 bits per heavy atom. The molecular weight excluding hydrogens is 226 g/mol. The lowest BCUT2D eigenvalue weighted by molar-refractivity contribution is -0.108. The van der Waals surface area contributed by atoms with Crippen LogP contribution >= 0.6 is 0 Å². The highest BCUT2D eigenvalue weighted by atomic mass is 16.5. The molecule has 2 rings (SSSR count). The minimum absolute atomic E-state index is 0.156. The van der Waals surface area contributed by atoms with Gasteiger partial charge in [-0.25, -0.2) is 0 Å². The fraction of sp³-hybridized carbons (Fsp3) is 0.400. The maximum atomic E-state index is 10.9. The van der Waals surface area contributed by atoms with E-state index in [1.807, 2.05) is 25.3 Å². The molecule has 3 nitrogen and oxygen atoms in total. The van der Waals surface area contributed by atoms with Gasteiger partial charge in [0.25, 0.3) is 0 Å². The number of carbonyl (C=O) groups excluding carboxylic acids is 1. The Morgan fingerprint density at radius 1 is 1.39 bits per heavy atom. The van der Waals surface area contributed by atoms with Gasteiger partial charge in [-0.3, -0.25) is 0 Å². The first kappa shape index (κ1) is 12.8. The molecule has 0 amide bonds. The molecule has 2 atom stereocenters. The molecule has 18 heavy (non-hydrogen) atoms. The number of nitrogens with one attached hydrogen (secondary N) is 1. The minimum Gasteiger partial charge on any atom is -0.382 e. The molecule has 0 saturated carbocycles. The van der Waals surface area contributed by atoms with Gasteiger partial charge in [-0.2, -0.15) is 0 Å². The number of para-hydroxylation sites is 1. The third-order valence-electron chi connectivity index (χ3n) is 3.46. The van der Waals surface area contributed by atoms with Crippen molar-refractivity contribution in [2.24, 2.45) is 0 Å². The topological polar surface area (TPSA) is 42.1 Å². The van der Waals surface area contributed by atoms with Gasteiger partial charge in [0, 0.05) is 30.6 Å². The normalized spacial score (nSPS) is 14.6. The number of aromatic amines is 1. The minimum atomic E-state index is 0.156. The largest absolute Gasteiger partial charge is 0.382 e. The van der Waals surface area contributed by atoms with Crippen molar-refractivity contribution in [3.8, 4) is 0 Å². The van der Waals surface area contributed by atoms with E-state index >= 15 is 0 Å². The SMILES string of the molecule is COC(C)C[C@H](CC=O)c1c[nH]c2ccccc12. The summed E-state index contributed by atoms with van der Waals surface area (Å²) in [6.45, 7) is 2.03. The summed E-state index contributed by atoms with van der Waals surface area (Å²) >= 11 is 0. The molecule has 0 fully saturated rings. The van der Waals surface area contributed by atoms with Crippen LogP contribution in [-0.2, 0) is 9.53 Å². The van der Waals surface area contributed by atoms with E-state index in [9.17, 15) is 4.79 Å². The van der Waals surface area contributed by atoms with Gasteiger partial charge in [0.2, 0.25) is 0 Å². The Morgan fingerprint density at radius 2 is 2.17 bits per heavy atom. The summed E-state index contributed by atoms with van der Waals surface area (Å²) in [5.41, 5.74) is 2.33. The average molecular weight is 245 g/mol. The van der Waals surface area contributed by atoms with E-state index in [-0.39, 0.29) is 12.0 Å². The Labute approximate surface area is 107 Å². The standard InChI is InChI=1S/C15H19NO2/c1-11(18-2)9-12(7-8-17)14-10-16-15-6-4-3-5-13(14)15/h3-6,8,10-12,16H,7,9H2,1-2H3/t11?,12-/m0/s1. The number of fused-ring (bicyclic) bond motifs is 1. The molecule has 3 heteroatoms. The highest BCUT2D eigenvalue weighted by molar-refractivity contribution is 5.83. The molecule has 1 N–H and O–H groups in total. The van der Waals surface area contributed by atoms with Gasteiger partial charge in [0.15, 0.2) is 0 Å². The Bertz CT molecular complexity index is 518. The summed E-state index contributed by atoms with van der Waals surface area (Å²) < 4.78 is 5.31. The van der Waals surface area contributed by atoms with Crippen LogP contribution in [0, 0.1) is 0 Å². The van der Waals surface area contributed by atoms with Gasteiger partial charge in [0.05, 0.1) is 6.10 Å². The van der Waals surface area contributed by atoms with Crippen LogP contribution in [-0.4, -0.2) is 24.5 Å². The Hall–Kier alpha value is -1.61. The lowest BCUT2D eigenvalue weighted by Crippen LogP contribution is -2.11. The molecule has 0 aliphatic heterocycles. The molecule has 0 aliphatic carbocycles. The number of rotatable bonds is 6. The van der Waals surface area contributed by atoms with Crippen molar-refractivity contribution in [3.63, 3.8) is 0 Å². The molecular formula is C15H19NO2. The molecule has 1 aromatic carbocycles. The van der Waals surface area contributed by atoms with Crippen LogP contribution in [0.4, 0.5) is 0 Å². The van der Waals surface area contributed by atoms with Crippen LogP contribution < -0.4 is 0 Å². The smallest absolute Gasteiger partial charge is 0.120 e. The van der Waals surface area contributed by atoms with Gasteiger partial charge >= 0.3 is 0 Å². The molecule has 0 bridgehead atoms. The maximum absolute atomic E-state index is 10.9. The Kier molecular flexibility index (Phi) is 4.15. The monoisotopic (exact) mass is 245 g/mol. The number of aromatic nitrogens is 1. The van der Waals surface area contributed by atoms with E-state index < -0.39 is 0 Å². The van der Waals surface area contributed by atoms with E-state index in [1.165, 1.54) is 10.9 Å². The van der Waals surface area contributed by atoms with Crippen molar-refractivity contribution < 1.29 is 9.53 Å². The van der Waals surface area contributed by atoms with Gasteiger partial charge in [-0.15, -0.1) is 0 Å². The van der Waals surface area contributed by atoms with E-state index in [4.69, 9.17) is 4.74 Å². The highest BCUT2D eigenvalue weighted by Crippen LogP contribution is 2.31. The third kappa shape index (κ3) is 2.62. The number of carbonyl (C=O) groups is 1. The van der Waals surface area contributed by atoms with Crippen LogP contribution in [0.5, 0.6) is 0 Å². The first-order valence-corrected chi connectivity index (χ1v) is 6.28. The van der Waals surface area contributed by atoms with E-state index in [0.29, 0.717) is 6.42 Å². The highest BCUT2D eigenvalue weighted by Gasteiger charge is 2.18. The molecule has 2 aromatic rings. The zero-order chi connectivity index (χ0) is 13.0. The number of methoxy groups -OCH3 is 1. The molecule has 0 aliphatic rings. The number of aldehydes is 1. The van der Waals surface area contributed by atoms with Crippen molar-refractivity contribution >= 4 is 17.2 Å². The number of hydrogen-bond donors (Lipinski definition) is 1. The summed E-state index contributed by atoms with van der Waals surface area (Å²) in [6, 6.07) is 8.18. The Balaban J connectivity index is 2.32. The summed E-state index contributed by atoms with van der Waals surface area (Å²) in [6.07, 6.45) is 4.56. The second-order valence-electron chi connectivity index (χ2n) is 4.67. The van der Waals surface area contributed by atoms with Gasteiger partial charge in [-0.1, -0.05) is 18.2 Å². The van der Waals surface area contributed by atoms with Crippen molar-refractivity contribution in [2.75, 3.05) is 7.11 Å². The lowest BCUT2D eigenvalue weighted by atomic mass is 9.91. The lowest BCUT2D eigenvalue weighted by Gasteiger charge is -2.18. The van der Waals surface area contributed by atoms with Crippen LogP contribution in [0.3, 0.4) is 0 Å². The third-order valence-corrected chi connectivity index (χ3v) is 3.46. The zero-order valence-electron chi connectivity index (χ0n) is 10.8. The molecule has 0 saturated heterocycles. The zero-order valence-corrected chi connectivity index (χ0v) is 10.8. The first-order valence-electron chi connectivity index (χ1n) is 6.28. The average Bonchev–Trinajstić information content (AvgIpc) is 2.82. The molecule has 1 heterocycles. The number of benzene rings is 1. The van der Waals surface area contributed by atoms with E-state index in [2.05, 4.69) is 17.1 Å². The van der Waals surface area contributed by atoms with Crippen LogP contribution in [0.25, 0.3) is 10.9 Å². The summed E-state index contributed by atoms with van der Waals surface area (Å²) in [5.74, 6) is 0.216. The van der Waals surface area contributed by atoms with Crippen molar-refractivity contribution in [1.82, 2.24) is 4.98 Å². The van der Waals surface area contributed by atoms with Crippen molar-refractivity contribution in [1.29, 1.82) is 0 Å². The molecule has 1 unspecified atom stereocenters. The maximum Gasteiger partial charge on any atom is 0.120 e. The second-order valence-corrected chi connectivity index (χ2v) is 4.67. The predicted molar refractivity (Wildman–Crippen MR) is 72.8 cm³/mol. The van der Waals surface area contributed by atoms with Gasteiger partial charge < -0.3 is 14.5 Å². The first-order chi connectivity index (χ1) is 8.76. The number of ether oxygens (including phenoxy) is 1. The molecule has 1 aromatic heterocycles. The van der Waals surface area contributed by atoms with E-state index in [0.717, 1.165) is 18.2 Å². The summed E-state index contributed by atoms with van der Waals surface area (Å²) in [4.78, 5) is 14.1. The number of hydrogen-bond acceptors (Lipinski definition) is 2. The van der Waals surface area contributed by atoms with Crippen molar-refractivity contribution in [3.05, 3.63) is 36.0 Å². The molecule has 96 valence electrons. The molecule has 0 radical (unpaired) electrons. The van der Waals surface area contributed by atoms with Crippen LogP contribution in [0.2, 0.25) is 0 Å². The predicted octanol–water partition coefficient (Wildman–Crippen LogP) is 3.27. The van der Waals surface area contributed by atoms with Gasteiger partial charge in [0.1, 0.15) is 6.29 Å². The fourth-order valence-corrected chi connectivity index (χ4v) is 2.39. The van der Waals surface area contributed by atoms with Gasteiger partial charge in [-0.05, 0) is 30.9 Å². The second kappa shape index (κ2) is 5.83. The quantitative estimate of drug-likeness (QED) is 0.794. The van der Waals surface area contributed by atoms with Crippen LogP contribution in [0.1, 0.15) is 31.2 Å². The van der Waals surface area contributed by atoms with E-state index in [1.54, 1.807) is 7.11 Å². The van der Waals surface area contributed by atoms with Crippen molar-refractivity contribution in [2.45, 2.75) is 31.8 Å².